The summed E-state index contributed by atoms with van der Waals surface area (Å²) in [5.41, 5.74) is 2.63. The van der Waals surface area contributed by atoms with Crippen molar-refractivity contribution in [3.8, 4) is 0 Å². The Balaban J connectivity index is 2.36. The highest BCUT2D eigenvalue weighted by molar-refractivity contribution is 5.13. The van der Waals surface area contributed by atoms with Gasteiger partial charge in [-0.1, -0.05) is 0 Å². The van der Waals surface area contributed by atoms with Gasteiger partial charge < -0.3 is 8.98 Å². The Kier molecular flexibility index (Phi) is 2.30. The van der Waals surface area contributed by atoms with Crippen LogP contribution in [0.4, 0.5) is 0 Å². The molecule has 0 bridgehead atoms. The smallest absolute Gasteiger partial charge is 0.158 e. The monoisotopic (exact) mass is 193 g/mol. The number of rotatable bonds is 3. The van der Waals surface area contributed by atoms with Crippen molar-refractivity contribution in [2.75, 3.05) is 0 Å². The van der Waals surface area contributed by atoms with Crippen molar-refractivity contribution in [1.82, 2.24) is 20.2 Å². The summed E-state index contributed by atoms with van der Waals surface area (Å²) in [6.07, 6.45) is 3.21. The molecule has 0 aromatic carbocycles. The number of hydrogen-bond acceptors (Lipinski definition) is 5. The second kappa shape index (κ2) is 3.60. The Morgan fingerprint density at radius 3 is 3.00 bits per heavy atom. The molecule has 3 N–H and O–H groups in total. The molecule has 0 amide bonds. The first-order valence-corrected chi connectivity index (χ1v) is 4.16. The molecule has 0 aliphatic heterocycles. The lowest BCUT2D eigenvalue weighted by Gasteiger charge is -2.11. The normalized spacial score (nSPS) is 13.0. The summed E-state index contributed by atoms with van der Waals surface area (Å²) >= 11 is 0. The number of nitrogens with zero attached hydrogens (tertiary/aromatic N) is 3. The number of hydrazine groups is 1. The van der Waals surface area contributed by atoms with E-state index in [9.17, 15) is 0 Å². The van der Waals surface area contributed by atoms with Crippen molar-refractivity contribution in [1.29, 1.82) is 0 Å². The van der Waals surface area contributed by atoms with Gasteiger partial charge >= 0.3 is 0 Å². The largest absolute Gasteiger partial charge is 0.467 e. The van der Waals surface area contributed by atoms with E-state index in [1.807, 2.05) is 13.1 Å². The highest BCUT2D eigenvalue weighted by Crippen LogP contribution is 2.18. The van der Waals surface area contributed by atoms with Crippen LogP contribution in [0.25, 0.3) is 0 Å². The molecule has 6 heteroatoms. The first-order valence-electron chi connectivity index (χ1n) is 4.16. The van der Waals surface area contributed by atoms with Crippen LogP contribution in [0.3, 0.4) is 0 Å². The molecule has 2 aromatic heterocycles. The number of aromatic nitrogens is 3. The number of aryl methyl sites for hydroxylation is 1. The summed E-state index contributed by atoms with van der Waals surface area (Å²) < 4.78 is 7.03. The molecule has 0 aliphatic carbocycles. The predicted octanol–water partition coefficient (Wildman–Crippen LogP) is -0.0392. The van der Waals surface area contributed by atoms with E-state index < -0.39 is 0 Å². The molecule has 74 valence electrons. The summed E-state index contributed by atoms with van der Waals surface area (Å²) in [6, 6.07) is 3.37. The highest BCUT2D eigenvalue weighted by Gasteiger charge is 2.19. The van der Waals surface area contributed by atoms with Crippen molar-refractivity contribution in [2.45, 2.75) is 6.04 Å². The first-order chi connectivity index (χ1) is 6.83. The lowest BCUT2D eigenvalue weighted by Crippen LogP contribution is -2.30. The van der Waals surface area contributed by atoms with Crippen LogP contribution >= 0.6 is 0 Å². The van der Waals surface area contributed by atoms with Gasteiger partial charge in [-0.15, -0.1) is 10.2 Å². The third-order valence-corrected chi connectivity index (χ3v) is 2.00. The predicted molar refractivity (Wildman–Crippen MR) is 48.9 cm³/mol. The van der Waals surface area contributed by atoms with Crippen molar-refractivity contribution in [3.05, 3.63) is 36.3 Å². The Labute approximate surface area is 80.7 Å². The van der Waals surface area contributed by atoms with Crippen molar-refractivity contribution in [3.63, 3.8) is 0 Å². The molecule has 14 heavy (non-hydrogen) atoms. The van der Waals surface area contributed by atoms with E-state index in [0.717, 1.165) is 0 Å². The molecule has 1 atom stereocenters. The summed E-state index contributed by atoms with van der Waals surface area (Å²) in [4.78, 5) is 0. The number of hydrogen-bond donors (Lipinski definition) is 2. The van der Waals surface area contributed by atoms with Crippen LogP contribution in [0, 0.1) is 0 Å². The second-order valence-electron chi connectivity index (χ2n) is 2.92. The zero-order chi connectivity index (χ0) is 9.97. The summed E-state index contributed by atoms with van der Waals surface area (Å²) in [6.45, 7) is 0. The van der Waals surface area contributed by atoms with Gasteiger partial charge in [0.05, 0.1) is 6.26 Å². The minimum Gasteiger partial charge on any atom is -0.467 e. The van der Waals surface area contributed by atoms with Gasteiger partial charge in [0.15, 0.2) is 5.82 Å². The molecular formula is C8H11N5O. The van der Waals surface area contributed by atoms with E-state index in [0.29, 0.717) is 11.6 Å². The summed E-state index contributed by atoms with van der Waals surface area (Å²) in [5, 5.41) is 7.73. The van der Waals surface area contributed by atoms with Crippen molar-refractivity contribution in [2.24, 2.45) is 12.9 Å². The Morgan fingerprint density at radius 2 is 2.50 bits per heavy atom. The van der Waals surface area contributed by atoms with E-state index in [1.54, 1.807) is 23.2 Å². The van der Waals surface area contributed by atoms with Crippen LogP contribution in [-0.2, 0) is 7.05 Å². The fourth-order valence-corrected chi connectivity index (χ4v) is 1.29. The van der Waals surface area contributed by atoms with Gasteiger partial charge in [-0.25, -0.2) is 5.43 Å². The SMILES string of the molecule is Cn1cnnc1C(NN)c1ccco1. The Bertz CT molecular complexity index is 394. The maximum atomic E-state index is 5.43. The number of nitrogens with two attached hydrogens (primary N) is 1. The van der Waals surface area contributed by atoms with Gasteiger partial charge in [-0.2, -0.15) is 0 Å². The number of nitrogens with one attached hydrogen (secondary N) is 1. The molecule has 0 fully saturated rings. The van der Waals surface area contributed by atoms with E-state index in [4.69, 9.17) is 10.3 Å². The highest BCUT2D eigenvalue weighted by atomic mass is 16.3. The lowest BCUT2D eigenvalue weighted by atomic mass is 10.2. The van der Waals surface area contributed by atoms with Gasteiger partial charge in [0.2, 0.25) is 0 Å². The minimum absolute atomic E-state index is 0.266. The average molecular weight is 193 g/mol. The van der Waals surface area contributed by atoms with Crippen LogP contribution in [0.15, 0.2) is 29.1 Å². The van der Waals surface area contributed by atoms with Gasteiger partial charge in [0.25, 0.3) is 0 Å². The van der Waals surface area contributed by atoms with E-state index in [1.165, 1.54) is 0 Å². The van der Waals surface area contributed by atoms with Crippen LogP contribution in [-0.4, -0.2) is 14.8 Å². The quantitative estimate of drug-likeness (QED) is 0.528. The van der Waals surface area contributed by atoms with Gasteiger partial charge in [0.1, 0.15) is 18.1 Å². The lowest BCUT2D eigenvalue weighted by molar-refractivity contribution is 0.435. The van der Waals surface area contributed by atoms with E-state index in [-0.39, 0.29) is 6.04 Å². The standard InChI is InChI=1S/C8H11N5O/c1-13-5-10-12-8(13)7(11-9)6-3-2-4-14-6/h2-5,7,11H,9H2,1H3. The fourth-order valence-electron chi connectivity index (χ4n) is 1.29. The fraction of sp³-hybridized carbons (Fsp3) is 0.250. The van der Waals surface area contributed by atoms with E-state index >= 15 is 0 Å². The average Bonchev–Trinajstić information content (AvgIpc) is 2.80. The molecule has 0 saturated heterocycles. The molecule has 0 spiro atoms. The summed E-state index contributed by atoms with van der Waals surface area (Å²) in [5.74, 6) is 6.86. The Hall–Kier alpha value is -1.66. The van der Waals surface area contributed by atoms with Crippen molar-refractivity contribution >= 4 is 0 Å². The molecule has 2 aromatic rings. The Morgan fingerprint density at radius 1 is 1.64 bits per heavy atom. The molecule has 2 rings (SSSR count). The molecule has 0 saturated carbocycles. The summed E-state index contributed by atoms with van der Waals surface area (Å²) in [7, 11) is 1.85. The third kappa shape index (κ3) is 1.40. The molecule has 0 radical (unpaired) electrons. The van der Waals surface area contributed by atoms with Crippen LogP contribution in [0.5, 0.6) is 0 Å². The van der Waals surface area contributed by atoms with Gasteiger partial charge in [0, 0.05) is 7.05 Å². The molecule has 2 heterocycles. The zero-order valence-corrected chi connectivity index (χ0v) is 7.71. The zero-order valence-electron chi connectivity index (χ0n) is 7.71. The molecular weight excluding hydrogens is 182 g/mol. The van der Waals surface area contributed by atoms with Crippen LogP contribution < -0.4 is 11.3 Å². The van der Waals surface area contributed by atoms with Gasteiger partial charge in [-0.3, -0.25) is 5.84 Å². The third-order valence-electron chi connectivity index (χ3n) is 2.00. The van der Waals surface area contributed by atoms with Crippen LogP contribution in [0.1, 0.15) is 17.6 Å². The first kappa shape index (κ1) is 8.92. The minimum atomic E-state index is -0.266. The second-order valence-corrected chi connectivity index (χ2v) is 2.92. The topological polar surface area (TPSA) is 81.9 Å². The molecule has 1 unspecified atom stereocenters. The van der Waals surface area contributed by atoms with Crippen LogP contribution in [0.2, 0.25) is 0 Å². The van der Waals surface area contributed by atoms with Gasteiger partial charge in [-0.05, 0) is 12.1 Å². The molecule has 0 aliphatic rings. The number of furan rings is 1. The maximum Gasteiger partial charge on any atom is 0.158 e. The van der Waals surface area contributed by atoms with E-state index in [2.05, 4.69) is 15.6 Å². The molecule has 6 nitrogen and oxygen atoms in total. The van der Waals surface area contributed by atoms with Crippen molar-refractivity contribution < 1.29 is 4.42 Å². The maximum absolute atomic E-state index is 5.43.